The van der Waals surface area contributed by atoms with Crippen LogP contribution < -0.4 is 0 Å². The summed E-state index contributed by atoms with van der Waals surface area (Å²) in [4.78, 5) is 23.7. The molecule has 8 heteroatoms. The minimum atomic E-state index is -2.08. The molecule has 0 spiro atoms. The third-order valence-electron chi connectivity index (χ3n) is 2.92. The van der Waals surface area contributed by atoms with E-state index in [0.29, 0.717) is 0 Å². The van der Waals surface area contributed by atoms with Crippen LogP contribution in [0.1, 0.15) is 24.2 Å². The zero-order valence-corrected chi connectivity index (χ0v) is 11.3. The fourth-order valence-corrected chi connectivity index (χ4v) is 1.66. The SMILES string of the molecule is CCN(CC(C)C(=O)O)C(=O)c1cc(F)c(F)c(F)c1F. The molecule has 1 atom stereocenters. The van der Waals surface area contributed by atoms with Crippen LogP contribution in [0.25, 0.3) is 0 Å². The van der Waals surface area contributed by atoms with Gasteiger partial charge in [0, 0.05) is 13.1 Å². The molecule has 1 rings (SSSR count). The van der Waals surface area contributed by atoms with Crippen LogP contribution in [0.2, 0.25) is 0 Å². The molecular weight excluding hydrogens is 294 g/mol. The van der Waals surface area contributed by atoms with Crippen molar-refractivity contribution in [2.45, 2.75) is 13.8 Å². The van der Waals surface area contributed by atoms with Gasteiger partial charge >= 0.3 is 5.97 Å². The highest BCUT2D eigenvalue weighted by molar-refractivity contribution is 5.94. The van der Waals surface area contributed by atoms with Crippen molar-refractivity contribution in [2.75, 3.05) is 13.1 Å². The Morgan fingerprint density at radius 2 is 1.76 bits per heavy atom. The van der Waals surface area contributed by atoms with E-state index in [-0.39, 0.29) is 19.2 Å². The number of halogens is 4. The van der Waals surface area contributed by atoms with Crippen LogP contribution in [-0.2, 0) is 4.79 Å². The van der Waals surface area contributed by atoms with Crippen molar-refractivity contribution in [3.05, 3.63) is 34.9 Å². The molecule has 1 N–H and O–H groups in total. The minimum Gasteiger partial charge on any atom is -0.481 e. The Kier molecular flexibility index (Phi) is 5.28. The van der Waals surface area contributed by atoms with Crippen molar-refractivity contribution in [3.8, 4) is 0 Å². The van der Waals surface area contributed by atoms with Gasteiger partial charge in [0.15, 0.2) is 23.3 Å². The monoisotopic (exact) mass is 307 g/mol. The second-order valence-electron chi connectivity index (χ2n) is 4.43. The zero-order valence-electron chi connectivity index (χ0n) is 11.3. The third kappa shape index (κ3) is 3.50. The van der Waals surface area contributed by atoms with E-state index in [9.17, 15) is 27.2 Å². The fraction of sp³-hybridized carbons (Fsp3) is 0.385. The van der Waals surface area contributed by atoms with Crippen LogP contribution in [0.4, 0.5) is 17.6 Å². The van der Waals surface area contributed by atoms with Gasteiger partial charge in [-0.25, -0.2) is 17.6 Å². The molecule has 0 aliphatic carbocycles. The highest BCUT2D eigenvalue weighted by atomic mass is 19.2. The lowest BCUT2D eigenvalue weighted by molar-refractivity contribution is -0.141. The molecular formula is C13H13F4NO3. The minimum absolute atomic E-state index is 0.00346. The lowest BCUT2D eigenvalue weighted by Gasteiger charge is -2.23. The standard InChI is InChI=1S/C13H13F4NO3/c1-3-18(5-6(2)13(20)21)12(19)7-4-8(14)10(16)11(17)9(7)15/h4,6H,3,5H2,1-2H3,(H,20,21). The molecule has 1 amide bonds. The van der Waals surface area contributed by atoms with E-state index in [2.05, 4.69) is 0 Å². The van der Waals surface area contributed by atoms with Gasteiger partial charge in [-0.3, -0.25) is 9.59 Å². The number of carbonyl (C=O) groups is 2. The molecule has 1 aromatic carbocycles. The Labute approximate surface area is 118 Å². The van der Waals surface area contributed by atoms with Crippen molar-refractivity contribution < 1.29 is 32.3 Å². The smallest absolute Gasteiger partial charge is 0.308 e. The Bertz CT molecular complexity index is 577. The average molecular weight is 307 g/mol. The maximum atomic E-state index is 13.5. The Morgan fingerprint density at radius 3 is 2.24 bits per heavy atom. The second-order valence-corrected chi connectivity index (χ2v) is 4.43. The van der Waals surface area contributed by atoms with Gasteiger partial charge in [0.1, 0.15) is 0 Å². The Morgan fingerprint density at radius 1 is 1.19 bits per heavy atom. The normalized spacial score (nSPS) is 12.1. The summed E-state index contributed by atoms with van der Waals surface area (Å²) in [5.41, 5.74) is -0.981. The third-order valence-corrected chi connectivity index (χ3v) is 2.92. The molecule has 21 heavy (non-hydrogen) atoms. The summed E-state index contributed by atoms with van der Waals surface area (Å²) in [7, 11) is 0. The summed E-state index contributed by atoms with van der Waals surface area (Å²) in [6.45, 7) is 2.53. The molecule has 0 saturated heterocycles. The van der Waals surface area contributed by atoms with Gasteiger partial charge in [0.25, 0.3) is 5.91 Å². The average Bonchev–Trinajstić information content (AvgIpc) is 2.45. The Balaban J connectivity index is 3.14. The quantitative estimate of drug-likeness (QED) is 0.516. The molecule has 116 valence electrons. The summed E-state index contributed by atoms with van der Waals surface area (Å²) in [6, 6.07) is 0.254. The number of rotatable bonds is 5. The van der Waals surface area contributed by atoms with Gasteiger partial charge in [-0.15, -0.1) is 0 Å². The lowest BCUT2D eigenvalue weighted by atomic mass is 10.1. The van der Waals surface area contributed by atoms with Gasteiger partial charge in [-0.2, -0.15) is 0 Å². The number of carboxylic acids is 1. The van der Waals surface area contributed by atoms with Crippen LogP contribution in [0.3, 0.4) is 0 Å². The predicted molar refractivity (Wildman–Crippen MR) is 64.7 cm³/mol. The van der Waals surface area contributed by atoms with E-state index >= 15 is 0 Å². The molecule has 0 fully saturated rings. The maximum absolute atomic E-state index is 13.5. The van der Waals surface area contributed by atoms with Gasteiger partial charge < -0.3 is 10.0 Å². The first-order valence-electron chi connectivity index (χ1n) is 6.05. The Hall–Kier alpha value is -2.12. The van der Waals surface area contributed by atoms with Gasteiger partial charge in [-0.05, 0) is 13.0 Å². The molecule has 0 aliphatic rings. The van der Waals surface area contributed by atoms with Crippen LogP contribution >= 0.6 is 0 Å². The van der Waals surface area contributed by atoms with Crippen LogP contribution in [0.15, 0.2) is 6.07 Å². The van der Waals surface area contributed by atoms with Crippen molar-refractivity contribution in [2.24, 2.45) is 5.92 Å². The van der Waals surface area contributed by atoms with E-state index in [1.807, 2.05) is 0 Å². The first-order chi connectivity index (χ1) is 9.70. The van der Waals surface area contributed by atoms with Crippen molar-refractivity contribution in [1.29, 1.82) is 0 Å². The number of carboxylic acid groups (broad SMARTS) is 1. The molecule has 0 radical (unpaired) electrons. The largest absolute Gasteiger partial charge is 0.481 e. The fourth-order valence-electron chi connectivity index (χ4n) is 1.66. The molecule has 0 bridgehead atoms. The predicted octanol–water partition coefficient (Wildman–Crippen LogP) is 2.43. The number of benzene rings is 1. The molecule has 0 heterocycles. The van der Waals surface area contributed by atoms with E-state index in [4.69, 9.17) is 5.11 Å². The molecule has 0 aliphatic heterocycles. The number of carbonyl (C=O) groups excluding carboxylic acids is 1. The number of nitrogens with zero attached hydrogens (tertiary/aromatic N) is 1. The van der Waals surface area contributed by atoms with E-state index < -0.39 is 46.6 Å². The summed E-state index contributed by atoms with van der Waals surface area (Å²) in [5.74, 6) is -10.8. The molecule has 1 aromatic rings. The number of hydrogen-bond donors (Lipinski definition) is 1. The highest BCUT2D eigenvalue weighted by Crippen LogP contribution is 2.20. The first-order valence-corrected chi connectivity index (χ1v) is 6.05. The summed E-state index contributed by atoms with van der Waals surface area (Å²) >= 11 is 0. The summed E-state index contributed by atoms with van der Waals surface area (Å²) < 4.78 is 52.6. The second kappa shape index (κ2) is 6.55. The topological polar surface area (TPSA) is 57.6 Å². The van der Waals surface area contributed by atoms with E-state index in [0.717, 1.165) is 4.90 Å². The van der Waals surface area contributed by atoms with Gasteiger partial charge in [-0.1, -0.05) is 6.92 Å². The highest BCUT2D eigenvalue weighted by Gasteiger charge is 2.27. The van der Waals surface area contributed by atoms with Crippen LogP contribution in [-0.4, -0.2) is 35.0 Å². The van der Waals surface area contributed by atoms with Gasteiger partial charge in [0.2, 0.25) is 0 Å². The van der Waals surface area contributed by atoms with Crippen LogP contribution in [0.5, 0.6) is 0 Å². The van der Waals surface area contributed by atoms with Crippen LogP contribution in [0, 0.1) is 29.2 Å². The van der Waals surface area contributed by atoms with E-state index in [1.54, 1.807) is 0 Å². The number of aliphatic carboxylic acids is 1. The van der Waals surface area contributed by atoms with Crippen molar-refractivity contribution in [1.82, 2.24) is 4.90 Å². The van der Waals surface area contributed by atoms with Crippen molar-refractivity contribution >= 4 is 11.9 Å². The molecule has 4 nitrogen and oxygen atoms in total. The molecule has 0 aromatic heterocycles. The first kappa shape index (κ1) is 16.9. The van der Waals surface area contributed by atoms with Crippen molar-refractivity contribution in [3.63, 3.8) is 0 Å². The maximum Gasteiger partial charge on any atom is 0.308 e. The molecule has 1 unspecified atom stereocenters. The molecule has 0 saturated carbocycles. The lowest BCUT2D eigenvalue weighted by Crippen LogP contribution is -2.37. The summed E-state index contributed by atoms with van der Waals surface area (Å²) in [6.07, 6.45) is 0. The van der Waals surface area contributed by atoms with E-state index in [1.165, 1.54) is 13.8 Å². The van der Waals surface area contributed by atoms with Gasteiger partial charge in [0.05, 0.1) is 11.5 Å². The zero-order chi connectivity index (χ0) is 16.3. The number of hydrogen-bond acceptors (Lipinski definition) is 2. The number of amides is 1. The summed E-state index contributed by atoms with van der Waals surface area (Å²) in [5, 5.41) is 8.78.